The summed E-state index contributed by atoms with van der Waals surface area (Å²) in [6, 6.07) is 101. The van der Waals surface area contributed by atoms with Gasteiger partial charge in [-0.25, -0.2) is 14.7 Å². The molecule has 15 nitrogen and oxygen atoms in total. The highest BCUT2D eigenvalue weighted by Crippen LogP contribution is 2.46. The Morgan fingerprint density at radius 3 is 0.721 bits per heavy atom. The Morgan fingerprint density at radius 1 is 0.198 bits per heavy atom. The highest BCUT2D eigenvalue weighted by molar-refractivity contribution is 6.39. The van der Waals surface area contributed by atoms with Crippen molar-refractivity contribution >= 4 is 151 Å². The molecule has 522 valence electrons. The summed E-state index contributed by atoms with van der Waals surface area (Å²) >= 11 is 0. The summed E-state index contributed by atoms with van der Waals surface area (Å²) in [7, 11) is 0. The Morgan fingerprint density at radius 2 is 0.432 bits per heavy atom. The van der Waals surface area contributed by atoms with Crippen molar-refractivity contribution in [1.82, 2.24) is 28.7 Å². The minimum Gasteiger partial charge on any atom is -0.336 e. The number of para-hydroxylation sites is 3. The third-order valence-corrected chi connectivity index (χ3v) is 22.7. The smallest absolute Gasteiger partial charge is 0.268 e. The summed E-state index contributed by atoms with van der Waals surface area (Å²) < 4.78 is 6.94. The number of hydrogen-bond donors (Lipinski definition) is 0. The first-order valence-corrected chi connectivity index (χ1v) is 36.8. The molecule has 0 fully saturated rings. The second-order valence-electron chi connectivity index (χ2n) is 28.7. The zero-order valence-electron chi connectivity index (χ0n) is 59.0. The van der Waals surface area contributed by atoms with Crippen LogP contribution < -0.4 is 14.7 Å². The number of benzene rings is 15. The molecule has 3 aliphatic heterocycles. The van der Waals surface area contributed by atoms with Gasteiger partial charge in [-0.1, -0.05) is 218 Å². The molecule has 6 amide bonds. The van der Waals surface area contributed by atoms with E-state index in [1.165, 1.54) is 0 Å². The Labute approximate surface area is 632 Å². The minimum absolute atomic E-state index is 0.130. The molecule has 111 heavy (non-hydrogen) atoms. The molecule has 19 aromatic rings. The van der Waals surface area contributed by atoms with Crippen molar-refractivity contribution < 1.29 is 28.8 Å². The number of carbonyl (C=O) groups is 6. The van der Waals surface area contributed by atoms with E-state index in [1.54, 1.807) is 54.6 Å². The first-order chi connectivity index (χ1) is 54.6. The Balaban J connectivity index is 0.666. The normalized spacial score (nSPS) is 13.6. The number of anilines is 3. The fourth-order valence-corrected chi connectivity index (χ4v) is 17.7. The first kappa shape index (κ1) is 63.2. The van der Waals surface area contributed by atoms with Crippen molar-refractivity contribution in [2.75, 3.05) is 14.7 Å². The molecule has 0 spiro atoms. The number of carbonyl (C=O) groups excluding carboxylic acids is 6. The van der Waals surface area contributed by atoms with E-state index in [1.807, 2.05) is 127 Å². The predicted molar refractivity (Wildman–Crippen MR) is 437 cm³/mol. The third-order valence-electron chi connectivity index (χ3n) is 22.7. The molecule has 15 aromatic carbocycles. The molecule has 0 bridgehead atoms. The summed E-state index contributed by atoms with van der Waals surface area (Å²) in [5.74, 6) is -6.97. The van der Waals surface area contributed by atoms with Crippen LogP contribution in [-0.4, -0.2) is 64.1 Å². The maximum absolute atomic E-state index is 15.8. The molecular weight excluding hydrogens is 1380 g/mol. The molecule has 3 aliphatic rings. The van der Waals surface area contributed by atoms with E-state index in [2.05, 4.69) is 141 Å². The van der Waals surface area contributed by atoms with Crippen LogP contribution in [0.2, 0.25) is 0 Å². The quantitative estimate of drug-likeness (QED) is 0.108. The summed E-state index contributed by atoms with van der Waals surface area (Å²) in [6.45, 7) is 1.98. The Kier molecular flexibility index (Phi) is 13.8. The number of imide groups is 3. The van der Waals surface area contributed by atoms with Gasteiger partial charge in [-0.3, -0.25) is 28.8 Å². The van der Waals surface area contributed by atoms with Crippen molar-refractivity contribution in [1.29, 1.82) is 0 Å². The molecule has 0 N–H and O–H groups in total. The van der Waals surface area contributed by atoms with Gasteiger partial charge in [0.1, 0.15) is 0 Å². The number of rotatable bonds is 12. The van der Waals surface area contributed by atoms with Gasteiger partial charge in [-0.15, -0.1) is 0 Å². The molecule has 0 saturated carbocycles. The van der Waals surface area contributed by atoms with E-state index in [9.17, 15) is 0 Å². The largest absolute Gasteiger partial charge is 0.336 e. The number of amides is 6. The monoisotopic (exact) mass is 1430 g/mol. The van der Waals surface area contributed by atoms with Gasteiger partial charge < -0.3 is 13.7 Å². The van der Waals surface area contributed by atoms with Crippen LogP contribution in [0.25, 0.3) is 131 Å². The standard InChI is InChI=1S/C96H57N9O6/c106-88-70-31-16-28-67-61(58-37-46-82-76(49-58)64-25-10-13-34-79(64)100(82)52-55-19-4-1-5-20-55)40-43-73(85(67)70)91(109)103(88)94-97-95(104-89(107)71-32-17-29-68-62(41-44-74(86(68)71)92(104)110)59-38-47-83-77(50-59)65-26-11-14-35-80(65)101(83)53-56-21-6-2-7-22-56)99-96(98-94)105-90(108)72-33-18-30-69-63(42-45-75(87(69)72)93(105)111)60-39-48-84-78(51-60)66-27-12-15-36-81(66)102(84)54-57-23-8-3-9-24-57/h1-51H,52-54H2. The van der Waals surface area contributed by atoms with Gasteiger partial charge in [0.15, 0.2) is 0 Å². The lowest BCUT2D eigenvalue weighted by molar-refractivity contribution is 0.0879. The van der Waals surface area contributed by atoms with Gasteiger partial charge in [0.2, 0.25) is 17.8 Å². The fraction of sp³-hybridized carbons (Fsp3) is 0.0312. The molecule has 7 heterocycles. The van der Waals surface area contributed by atoms with Gasteiger partial charge in [-0.05, 0) is 157 Å². The first-order valence-electron chi connectivity index (χ1n) is 36.8. The van der Waals surface area contributed by atoms with Crippen LogP contribution in [-0.2, 0) is 19.6 Å². The highest BCUT2D eigenvalue weighted by atomic mass is 16.2. The highest BCUT2D eigenvalue weighted by Gasteiger charge is 2.44. The molecule has 0 saturated heterocycles. The average Bonchev–Trinajstić information content (AvgIpc) is 1.44. The molecule has 0 unspecified atom stereocenters. The average molecular weight is 1430 g/mol. The third kappa shape index (κ3) is 9.48. The summed E-state index contributed by atoms with van der Waals surface area (Å²) in [4.78, 5) is 111. The summed E-state index contributed by atoms with van der Waals surface area (Å²) in [5.41, 5.74) is 15.5. The van der Waals surface area contributed by atoms with Crippen LogP contribution in [0, 0.1) is 0 Å². The zero-order valence-corrected chi connectivity index (χ0v) is 59.0. The Hall–Kier alpha value is -15.1. The lowest BCUT2D eigenvalue weighted by atomic mass is 9.88. The summed E-state index contributed by atoms with van der Waals surface area (Å²) in [5, 5.41) is 9.41. The van der Waals surface area contributed by atoms with Gasteiger partial charge in [0.25, 0.3) is 35.4 Å². The van der Waals surface area contributed by atoms with E-state index >= 15 is 28.8 Å². The van der Waals surface area contributed by atoms with Crippen LogP contribution in [0.15, 0.2) is 309 Å². The number of nitrogens with zero attached hydrogens (tertiary/aromatic N) is 9. The molecule has 0 atom stereocenters. The maximum atomic E-state index is 15.8. The molecule has 4 aromatic heterocycles. The van der Waals surface area contributed by atoms with E-state index in [-0.39, 0.29) is 33.4 Å². The summed E-state index contributed by atoms with van der Waals surface area (Å²) in [6.07, 6.45) is 0. The van der Waals surface area contributed by atoms with Crippen LogP contribution >= 0.6 is 0 Å². The van der Waals surface area contributed by atoms with Crippen molar-refractivity contribution in [3.05, 3.63) is 359 Å². The number of aromatic nitrogens is 6. The van der Waals surface area contributed by atoms with Gasteiger partial charge >= 0.3 is 0 Å². The van der Waals surface area contributed by atoms with Crippen LogP contribution in [0.5, 0.6) is 0 Å². The molecule has 15 heteroatoms. The lowest BCUT2D eigenvalue weighted by Gasteiger charge is -2.30. The molecule has 22 rings (SSSR count). The second kappa shape index (κ2) is 24.2. The van der Waals surface area contributed by atoms with Gasteiger partial charge in [-0.2, -0.15) is 15.0 Å². The van der Waals surface area contributed by atoms with Gasteiger partial charge in [0, 0.05) is 135 Å². The SMILES string of the molecule is O=C1c2cccc3c(-c4ccc5c(c4)c4ccccc4n5Cc4ccccc4)ccc(c23)C(=O)N1c1nc(N2C(=O)c3cccc4c(-c5ccc6c(c5)c5ccccc5n6Cc5ccccc5)ccc(c34)C2=O)nc(N2C(=O)c3cccc4c(-c5ccc6c(c5)c5ccccc5n6Cc5ccccc5)ccc(c34)C2=O)n1. The van der Waals surface area contributed by atoms with E-state index in [4.69, 9.17) is 15.0 Å². The second-order valence-corrected chi connectivity index (χ2v) is 28.7. The fourth-order valence-electron chi connectivity index (χ4n) is 17.7. The lowest BCUT2D eigenvalue weighted by Crippen LogP contribution is -2.46. The van der Waals surface area contributed by atoms with Crippen molar-refractivity contribution in [3.8, 4) is 33.4 Å². The predicted octanol–water partition coefficient (Wildman–Crippen LogP) is 20.2. The zero-order chi connectivity index (χ0) is 74.0. The molecule has 0 radical (unpaired) electrons. The van der Waals surface area contributed by atoms with Crippen molar-refractivity contribution in [3.63, 3.8) is 0 Å². The van der Waals surface area contributed by atoms with Crippen LogP contribution in [0.3, 0.4) is 0 Å². The molecular formula is C96H57N9O6. The number of fused-ring (bicyclic) bond motifs is 9. The van der Waals surface area contributed by atoms with Crippen LogP contribution in [0.4, 0.5) is 17.8 Å². The maximum Gasteiger partial charge on any atom is 0.268 e. The molecule has 0 aliphatic carbocycles. The van der Waals surface area contributed by atoms with Crippen molar-refractivity contribution in [2.45, 2.75) is 19.6 Å². The topological polar surface area (TPSA) is 166 Å². The van der Waals surface area contributed by atoms with E-state index < -0.39 is 53.3 Å². The minimum atomic E-state index is -0.839. The number of hydrogen-bond acceptors (Lipinski definition) is 9. The van der Waals surface area contributed by atoms with Crippen molar-refractivity contribution in [2.24, 2.45) is 0 Å². The van der Waals surface area contributed by atoms with Gasteiger partial charge in [0.05, 0.1) is 0 Å². The van der Waals surface area contributed by atoms with E-state index in [0.29, 0.717) is 52.0 Å². The van der Waals surface area contributed by atoms with E-state index in [0.717, 1.165) is 130 Å². The van der Waals surface area contributed by atoms with Crippen LogP contribution in [0.1, 0.15) is 78.8 Å². The Bertz CT molecular complexity index is 6630.